The van der Waals surface area contributed by atoms with Gasteiger partial charge in [-0.05, 0) is 33.9 Å². The highest BCUT2D eigenvalue weighted by atomic mass is 35.5. The number of aromatic hydroxyl groups is 1. The van der Waals surface area contributed by atoms with Gasteiger partial charge in [0.25, 0.3) is 0 Å². The average molecular weight is 369 g/mol. The molecule has 0 bridgehead atoms. The van der Waals surface area contributed by atoms with Crippen molar-refractivity contribution in [1.82, 2.24) is 0 Å². The zero-order chi connectivity index (χ0) is 19.6. The Bertz CT molecular complexity index is 584. The van der Waals surface area contributed by atoms with Crippen molar-refractivity contribution in [1.29, 1.82) is 0 Å². The Labute approximate surface area is 157 Å². The SMILES string of the molecule is CC(C)(COC(=O)CCl)Cc1cc(C(C)(C)C)c(O)c(C(C)(C)C)c1. The van der Waals surface area contributed by atoms with E-state index < -0.39 is 5.97 Å². The molecule has 1 aromatic carbocycles. The minimum absolute atomic E-state index is 0.127. The average Bonchev–Trinajstić information content (AvgIpc) is 2.43. The number of carbonyl (C=O) groups excluding carboxylic acids is 1. The number of halogens is 1. The molecule has 3 nitrogen and oxygen atoms in total. The third-order valence-corrected chi connectivity index (χ3v) is 4.42. The lowest BCUT2D eigenvalue weighted by Crippen LogP contribution is -2.25. The van der Waals surface area contributed by atoms with Gasteiger partial charge in [0.05, 0.1) is 6.61 Å². The summed E-state index contributed by atoms with van der Waals surface area (Å²) in [5.74, 6) is -0.140. The van der Waals surface area contributed by atoms with Crippen molar-refractivity contribution in [2.24, 2.45) is 5.41 Å². The van der Waals surface area contributed by atoms with Crippen LogP contribution in [0.5, 0.6) is 5.75 Å². The maximum Gasteiger partial charge on any atom is 0.320 e. The maximum absolute atomic E-state index is 11.3. The normalized spacial score (nSPS) is 13.0. The number of rotatable bonds is 5. The van der Waals surface area contributed by atoms with E-state index in [0.29, 0.717) is 12.4 Å². The summed E-state index contributed by atoms with van der Waals surface area (Å²) >= 11 is 5.50. The van der Waals surface area contributed by atoms with Gasteiger partial charge >= 0.3 is 5.97 Å². The van der Waals surface area contributed by atoms with Crippen molar-refractivity contribution in [3.63, 3.8) is 0 Å². The van der Waals surface area contributed by atoms with Gasteiger partial charge in [-0.3, -0.25) is 4.79 Å². The van der Waals surface area contributed by atoms with Crippen LogP contribution in [-0.4, -0.2) is 23.6 Å². The number of carbonyl (C=O) groups is 1. The fourth-order valence-corrected chi connectivity index (χ4v) is 2.93. The Morgan fingerprint density at radius 1 is 1.00 bits per heavy atom. The number of benzene rings is 1. The van der Waals surface area contributed by atoms with Crippen LogP contribution in [0.1, 0.15) is 72.1 Å². The second kappa shape index (κ2) is 7.57. The minimum Gasteiger partial charge on any atom is -0.507 e. The first-order valence-corrected chi connectivity index (χ1v) is 9.29. The molecule has 0 radical (unpaired) electrons. The van der Waals surface area contributed by atoms with E-state index in [4.69, 9.17) is 16.3 Å². The van der Waals surface area contributed by atoms with Gasteiger partial charge in [0.2, 0.25) is 0 Å². The highest BCUT2D eigenvalue weighted by Gasteiger charge is 2.28. The Balaban J connectivity index is 3.25. The van der Waals surface area contributed by atoms with E-state index in [9.17, 15) is 9.90 Å². The first kappa shape index (κ1) is 21.8. The topological polar surface area (TPSA) is 46.5 Å². The predicted octanol–water partition coefficient (Wildman–Crippen LogP) is 5.34. The first-order valence-electron chi connectivity index (χ1n) is 8.76. The Morgan fingerprint density at radius 2 is 1.44 bits per heavy atom. The van der Waals surface area contributed by atoms with Gasteiger partial charge in [-0.25, -0.2) is 0 Å². The molecule has 142 valence electrons. The molecule has 0 aliphatic rings. The smallest absolute Gasteiger partial charge is 0.320 e. The van der Waals surface area contributed by atoms with Gasteiger partial charge in [0, 0.05) is 5.41 Å². The third-order valence-electron chi connectivity index (χ3n) is 4.20. The molecule has 0 unspecified atom stereocenters. The van der Waals surface area contributed by atoms with Crippen LogP contribution in [0.4, 0.5) is 0 Å². The van der Waals surface area contributed by atoms with Crippen LogP contribution < -0.4 is 0 Å². The molecule has 1 aromatic rings. The molecule has 0 heterocycles. The van der Waals surface area contributed by atoms with Crippen LogP contribution in [0.3, 0.4) is 0 Å². The summed E-state index contributed by atoms with van der Waals surface area (Å²) in [7, 11) is 0. The lowest BCUT2D eigenvalue weighted by Gasteiger charge is -2.30. The Kier molecular flexibility index (Phi) is 6.61. The van der Waals surface area contributed by atoms with Gasteiger partial charge in [-0.1, -0.05) is 67.5 Å². The van der Waals surface area contributed by atoms with Gasteiger partial charge < -0.3 is 9.84 Å². The van der Waals surface area contributed by atoms with E-state index >= 15 is 0 Å². The molecule has 25 heavy (non-hydrogen) atoms. The molecule has 0 saturated carbocycles. The number of alkyl halides is 1. The lowest BCUT2D eigenvalue weighted by atomic mass is 9.76. The van der Waals surface area contributed by atoms with E-state index in [1.54, 1.807) is 0 Å². The number of hydrogen-bond acceptors (Lipinski definition) is 3. The van der Waals surface area contributed by atoms with Crippen LogP contribution in [0, 0.1) is 5.41 Å². The molecule has 1 N–H and O–H groups in total. The lowest BCUT2D eigenvalue weighted by molar-refractivity contribution is -0.143. The molecule has 0 aromatic heterocycles. The molecule has 0 aliphatic heterocycles. The van der Waals surface area contributed by atoms with Crippen molar-refractivity contribution >= 4 is 17.6 Å². The largest absolute Gasteiger partial charge is 0.507 e. The molecular weight excluding hydrogens is 336 g/mol. The number of esters is 1. The second-order valence-electron chi connectivity index (χ2n) is 9.67. The fraction of sp³-hybridized carbons (Fsp3) is 0.667. The molecule has 0 fully saturated rings. The van der Waals surface area contributed by atoms with Crippen LogP contribution in [0.15, 0.2) is 12.1 Å². The van der Waals surface area contributed by atoms with Gasteiger partial charge in [-0.15, -0.1) is 11.6 Å². The van der Waals surface area contributed by atoms with Crippen molar-refractivity contribution < 1.29 is 14.6 Å². The van der Waals surface area contributed by atoms with E-state index in [0.717, 1.165) is 23.1 Å². The second-order valence-corrected chi connectivity index (χ2v) is 9.94. The van der Waals surface area contributed by atoms with Crippen LogP contribution in [-0.2, 0) is 26.8 Å². The molecule has 0 aliphatic carbocycles. The predicted molar refractivity (Wildman–Crippen MR) is 105 cm³/mol. The minimum atomic E-state index is -0.397. The van der Waals surface area contributed by atoms with Crippen LogP contribution >= 0.6 is 11.6 Å². The van der Waals surface area contributed by atoms with Crippen LogP contribution in [0.2, 0.25) is 0 Å². The van der Waals surface area contributed by atoms with Gasteiger partial charge in [0.15, 0.2) is 0 Å². The molecule has 1 rings (SSSR count). The number of ether oxygens (including phenoxy) is 1. The zero-order valence-electron chi connectivity index (χ0n) is 16.9. The van der Waals surface area contributed by atoms with Gasteiger partial charge in [-0.2, -0.15) is 0 Å². The van der Waals surface area contributed by atoms with E-state index in [1.807, 2.05) is 0 Å². The van der Waals surface area contributed by atoms with Gasteiger partial charge in [0.1, 0.15) is 11.6 Å². The summed E-state index contributed by atoms with van der Waals surface area (Å²) in [6.45, 7) is 17.1. The summed E-state index contributed by atoms with van der Waals surface area (Å²) in [5, 5.41) is 10.8. The Hall–Kier alpha value is -1.22. The summed E-state index contributed by atoms with van der Waals surface area (Å²) in [5.41, 5.74) is 2.50. The summed E-state index contributed by atoms with van der Waals surface area (Å²) in [4.78, 5) is 11.3. The molecule has 0 spiro atoms. The van der Waals surface area contributed by atoms with E-state index in [-0.39, 0.29) is 22.1 Å². The highest BCUT2D eigenvalue weighted by Crippen LogP contribution is 2.40. The summed E-state index contributed by atoms with van der Waals surface area (Å²) < 4.78 is 5.23. The Morgan fingerprint density at radius 3 is 1.80 bits per heavy atom. The van der Waals surface area contributed by atoms with Crippen molar-refractivity contribution in [3.05, 3.63) is 28.8 Å². The number of hydrogen-bond donors (Lipinski definition) is 1. The van der Waals surface area contributed by atoms with E-state index in [1.165, 1.54) is 0 Å². The standard InChI is InChI=1S/C21H33ClO3/c1-19(2,3)15-9-14(10-16(18(15)24)20(4,5)6)11-21(7,8)13-25-17(23)12-22/h9-10,24H,11-13H2,1-8H3. The third kappa shape index (κ3) is 6.22. The summed E-state index contributed by atoms with van der Waals surface area (Å²) in [6.07, 6.45) is 0.745. The molecule has 4 heteroatoms. The summed E-state index contributed by atoms with van der Waals surface area (Å²) in [6, 6.07) is 4.16. The fourth-order valence-electron chi connectivity index (χ4n) is 2.86. The first-order chi connectivity index (χ1) is 11.2. The quantitative estimate of drug-likeness (QED) is 0.563. The molecule has 0 atom stereocenters. The highest BCUT2D eigenvalue weighted by molar-refractivity contribution is 6.26. The number of phenols is 1. The molecule has 0 amide bonds. The monoisotopic (exact) mass is 368 g/mol. The van der Waals surface area contributed by atoms with Crippen molar-refractivity contribution in [2.75, 3.05) is 12.5 Å². The zero-order valence-corrected chi connectivity index (χ0v) is 17.7. The van der Waals surface area contributed by atoms with Crippen molar-refractivity contribution in [3.8, 4) is 5.75 Å². The molecule has 0 saturated heterocycles. The number of phenolic OH excluding ortho intramolecular Hbond substituents is 1. The van der Waals surface area contributed by atoms with Crippen LogP contribution in [0.25, 0.3) is 0 Å². The maximum atomic E-state index is 11.3. The van der Waals surface area contributed by atoms with Crippen molar-refractivity contribution in [2.45, 2.75) is 72.6 Å². The molecular formula is C21H33ClO3. The van der Waals surface area contributed by atoms with E-state index in [2.05, 4.69) is 67.5 Å².